The molecule has 10 rings (SSSR count). The maximum Gasteiger partial charge on any atom is 0.160 e. The fourth-order valence-corrected chi connectivity index (χ4v) is 8.57. The molecular weight excluding hydrogens is 613 g/mol. The summed E-state index contributed by atoms with van der Waals surface area (Å²) in [6, 6.07) is 60.8. The van der Waals surface area contributed by atoms with Gasteiger partial charge in [-0.15, -0.1) is 11.3 Å². The lowest BCUT2D eigenvalue weighted by atomic mass is 9.88. The van der Waals surface area contributed by atoms with E-state index in [4.69, 9.17) is 9.97 Å². The van der Waals surface area contributed by atoms with Crippen LogP contribution in [0.5, 0.6) is 0 Å². The molecule has 0 aliphatic heterocycles. The minimum Gasteiger partial charge on any atom is -0.228 e. The summed E-state index contributed by atoms with van der Waals surface area (Å²) >= 11 is 1.85. The molecule has 0 amide bonds. The SMILES string of the molecule is c1ccc(-c2cc(-c3ccc4sc5ccccc5c4c3-c3ccc4c5ccccc5c5ccccc5c4c3)nc(-c3ccccc3)n2)cc1. The van der Waals surface area contributed by atoms with Gasteiger partial charge < -0.3 is 0 Å². The van der Waals surface area contributed by atoms with E-state index in [1.54, 1.807) is 0 Å². The Morgan fingerprint density at radius 2 is 0.898 bits per heavy atom. The van der Waals surface area contributed by atoms with Crippen molar-refractivity contribution in [3.05, 3.63) is 170 Å². The Labute approximate surface area is 287 Å². The van der Waals surface area contributed by atoms with E-state index in [0.717, 1.165) is 28.1 Å². The molecule has 0 N–H and O–H groups in total. The fourth-order valence-electron chi connectivity index (χ4n) is 7.45. The monoisotopic (exact) mass is 640 g/mol. The van der Waals surface area contributed by atoms with E-state index >= 15 is 0 Å². The highest BCUT2D eigenvalue weighted by atomic mass is 32.1. The normalized spacial score (nSPS) is 11.7. The Morgan fingerprint density at radius 1 is 0.347 bits per heavy atom. The topological polar surface area (TPSA) is 25.8 Å². The maximum absolute atomic E-state index is 5.30. The standard InChI is InChI=1S/C46H28N2S/c1-3-13-29(14-4-1)40-28-41(48-46(47-40)30-15-5-2-6-16-30)37-25-26-43-45(38-21-11-12-22-42(38)49-43)44(37)31-23-24-36-34-19-8-7-17-32(34)33-18-9-10-20-35(33)39(36)27-31/h1-28H. The molecule has 0 spiro atoms. The Bertz CT molecular complexity index is 2780. The first-order valence-electron chi connectivity index (χ1n) is 16.6. The van der Waals surface area contributed by atoms with Crippen molar-refractivity contribution in [1.29, 1.82) is 0 Å². The van der Waals surface area contributed by atoms with Gasteiger partial charge >= 0.3 is 0 Å². The lowest BCUT2D eigenvalue weighted by Crippen LogP contribution is -1.97. The van der Waals surface area contributed by atoms with Crippen LogP contribution in [-0.4, -0.2) is 9.97 Å². The molecule has 2 aromatic heterocycles. The highest BCUT2D eigenvalue weighted by Crippen LogP contribution is 2.46. The molecule has 49 heavy (non-hydrogen) atoms. The Balaban J connectivity index is 1.32. The summed E-state index contributed by atoms with van der Waals surface area (Å²) in [7, 11) is 0. The molecule has 228 valence electrons. The summed E-state index contributed by atoms with van der Waals surface area (Å²) in [5, 5.41) is 10.2. The van der Waals surface area contributed by atoms with Crippen LogP contribution in [0.25, 0.3) is 97.5 Å². The Kier molecular flexibility index (Phi) is 6.39. The van der Waals surface area contributed by atoms with E-state index in [9.17, 15) is 0 Å². The predicted octanol–water partition coefficient (Wildman–Crippen LogP) is 13.0. The molecule has 2 heterocycles. The molecule has 0 bridgehead atoms. The van der Waals surface area contributed by atoms with Crippen molar-refractivity contribution in [3.8, 4) is 45.0 Å². The van der Waals surface area contributed by atoms with E-state index in [-0.39, 0.29) is 0 Å². The second kappa shape index (κ2) is 11.2. The fraction of sp³-hybridized carbons (Fsp3) is 0. The van der Waals surface area contributed by atoms with Crippen LogP contribution >= 0.6 is 11.3 Å². The smallest absolute Gasteiger partial charge is 0.160 e. The van der Waals surface area contributed by atoms with Crippen molar-refractivity contribution >= 4 is 63.8 Å². The molecule has 0 atom stereocenters. The summed E-state index contributed by atoms with van der Waals surface area (Å²) in [5.74, 6) is 0.717. The molecule has 3 heteroatoms. The molecule has 0 fully saturated rings. The summed E-state index contributed by atoms with van der Waals surface area (Å²) in [5.41, 5.74) is 7.34. The van der Waals surface area contributed by atoms with Crippen LogP contribution in [0, 0.1) is 0 Å². The first kappa shape index (κ1) is 27.9. The van der Waals surface area contributed by atoms with Gasteiger partial charge in [-0.1, -0.05) is 146 Å². The van der Waals surface area contributed by atoms with Crippen molar-refractivity contribution in [1.82, 2.24) is 9.97 Å². The molecule has 0 radical (unpaired) electrons. The number of fused-ring (bicyclic) bond motifs is 9. The van der Waals surface area contributed by atoms with Crippen LogP contribution in [0.4, 0.5) is 0 Å². The predicted molar refractivity (Wildman–Crippen MR) is 209 cm³/mol. The molecule has 0 unspecified atom stereocenters. The third-order valence-electron chi connectivity index (χ3n) is 9.68. The zero-order chi connectivity index (χ0) is 32.3. The van der Waals surface area contributed by atoms with Gasteiger partial charge in [0.2, 0.25) is 0 Å². The summed E-state index contributed by atoms with van der Waals surface area (Å²) in [6.45, 7) is 0. The molecule has 2 nitrogen and oxygen atoms in total. The minimum absolute atomic E-state index is 0.717. The molecule has 10 aromatic rings. The molecule has 0 aliphatic rings. The number of benzene rings is 8. The Morgan fingerprint density at radius 3 is 1.59 bits per heavy atom. The van der Waals surface area contributed by atoms with Crippen LogP contribution in [-0.2, 0) is 0 Å². The van der Waals surface area contributed by atoms with Crippen molar-refractivity contribution < 1.29 is 0 Å². The van der Waals surface area contributed by atoms with Crippen LogP contribution in [0.2, 0.25) is 0 Å². The van der Waals surface area contributed by atoms with Gasteiger partial charge in [-0.25, -0.2) is 9.97 Å². The van der Waals surface area contributed by atoms with Crippen LogP contribution < -0.4 is 0 Å². The first-order valence-corrected chi connectivity index (χ1v) is 17.4. The largest absolute Gasteiger partial charge is 0.228 e. The number of hydrogen-bond acceptors (Lipinski definition) is 3. The van der Waals surface area contributed by atoms with Gasteiger partial charge in [-0.05, 0) is 62.1 Å². The van der Waals surface area contributed by atoms with E-state index in [2.05, 4.69) is 146 Å². The number of thiophene rings is 1. The van der Waals surface area contributed by atoms with Crippen LogP contribution in [0.3, 0.4) is 0 Å². The highest BCUT2D eigenvalue weighted by Gasteiger charge is 2.20. The van der Waals surface area contributed by atoms with E-state index in [0.29, 0.717) is 5.82 Å². The van der Waals surface area contributed by atoms with Gasteiger partial charge in [0.15, 0.2) is 5.82 Å². The van der Waals surface area contributed by atoms with Crippen molar-refractivity contribution in [2.45, 2.75) is 0 Å². The zero-order valence-electron chi connectivity index (χ0n) is 26.5. The van der Waals surface area contributed by atoms with Gasteiger partial charge in [0, 0.05) is 42.4 Å². The van der Waals surface area contributed by atoms with Gasteiger partial charge in [0.25, 0.3) is 0 Å². The molecule has 0 saturated heterocycles. The lowest BCUT2D eigenvalue weighted by Gasteiger charge is -2.16. The number of nitrogens with zero attached hydrogens (tertiary/aromatic N) is 2. The summed E-state index contributed by atoms with van der Waals surface area (Å²) < 4.78 is 2.55. The third-order valence-corrected chi connectivity index (χ3v) is 10.8. The quantitative estimate of drug-likeness (QED) is 0.179. The maximum atomic E-state index is 5.30. The van der Waals surface area contributed by atoms with Gasteiger partial charge in [-0.2, -0.15) is 0 Å². The van der Waals surface area contributed by atoms with Gasteiger partial charge in [0.1, 0.15) is 0 Å². The lowest BCUT2D eigenvalue weighted by molar-refractivity contribution is 1.18. The van der Waals surface area contributed by atoms with Gasteiger partial charge in [-0.3, -0.25) is 0 Å². The van der Waals surface area contributed by atoms with Crippen molar-refractivity contribution in [3.63, 3.8) is 0 Å². The minimum atomic E-state index is 0.717. The number of aromatic nitrogens is 2. The van der Waals surface area contributed by atoms with Gasteiger partial charge in [0.05, 0.1) is 11.4 Å². The third kappa shape index (κ3) is 4.55. The van der Waals surface area contributed by atoms with Crippen LogP contribution in [0.1, 0.15) is 0 Å². The van der Waals surface area contributed by atoms with Crippen molar-refractivity contribution in [2.75, 3.05) is 0 Å². The summed E-state index contributed by atoms with van der Waals surface area (Å²) in [6.07, 6.45) is 0. The number of hydrogen-bond donors (Lipinski definition) is 0. The average Bonchev–Trinajstić information content (AvgIpc) is 3.57. The molecule has 0 aliphatic carbocycles. The average molecular weight is 641 g/mol. The Hall–Kier alpha value is -6.16. The second-order valence-electron chi connectivity index (χ2n) is 12.5. The van der Waals surface area contributed by atoms with E-state index < -0.39 is 0 Å². The molecule has 0 saturated carbocycles. The highest BCUT2D eigenvalue weighted by molar-refractivity contribution is 7.26. The molecular formula is C46H28N2S. The molecule has 8 aromatic carbocycles. The second-order valence-corrected chi connectivity index (χ2v) is 13.6. The zero-order valence-corrected chi connectivity index (χ0v) is 27.3. The summed E-state index contributed by atoms with van der Waals surface area (Å²) in [4.78, 5) is 10.4. The first-order chi connectivity index (χ1) is 24.3. The van der Waals surface area contributed by atoms with E-state index in [1.165, 1.54) is 63.6 Å². The number of rotatable bonds is 4. The van der Waals surface area contributed by atoms with Crippen molar-refractivity contribution in [2.24, 2.45) is 0 Å². The van der Waals surface area contributed by atoms with E-state index in [1.807, 2.05) is 35.6 Å². The van der Waals surface area contributed by atoms with Crippen LogP contribution in [0.15, 0.2) is 170 Å².